The normalized spacial score (nSPS) is 14.7. The number of ether oxygens (including phenoxy) is 1. The third-order valence-electron chi connectivity index (χ3n) is 4.97. The molecule has 1 aliphatic rings. The second-order valence-corrected chi connectivity index (χ2v) is 6.86. The van der Waals surface area contributed by atoms with Gasteiger partial charge >= 0.3 is 0 Å². The van der Waals surface area contributed by atoms with Crippen LogP contribution in [0, 0.1) is 11.3 Å². The van der Waals surface area contributed by atoms with Gasteiger partial charge in [-0.15, -0.1) is 0 Å². The van der Waals surface area contributed by atoms with Crippen molar-refractivity contribution in [3.63, 3.8) is 0 Å². The Morgan fingerprint density at radius 2 is 1.89 bits per heavy atom. The highest BCUT2D eigenvalue weighted by Crippen LogP contribution is 2.26. The number of rotatable bonds is 6. The van der Waals surface area contributed by atoms with E-state index in [-0.39, 0.29) is 0 Å². The molecule has 2 aromatic heterocycles. The van der Waals surface area contributed by atoms with E-state index in [0.717, 1.165) is 62.6 Å². The summed E-state index contributed by atoms with van der Waals surface area (Å²) in [4.78, 5) is 6.82. The smallest absolute Gasteiger partial charge is 0.101 e. The van der Waals surface area contributed by atoms with Crippen LogP contribution in [0.15, 0.2) is 54.9 Å². The van der Waals surface area contributed by atoms with E-state index in [0.29, 0.717) is 11.3 Å². The summed E-state index contributed by atoms with van der Waals surface area (Å²) in [6.07, 6.45) is 4.81. The highest BCUT2D eigenvalue weighted by atomic mass is 16.5. The summed E-state index contributed by atoms with van der Waals surface area (Å²) in [6, 6.07) is 15.9. The van der Waals surface area contributed by atoms with Crippen molar-refractivity contribution < 1.29 is 4.74 Å². The summed E-state index contributed by atoms with van der Waals surface area (Å²) in [5.74, 6) is 0. The Bertz CT molecular complexity index is 969. The summed E-state index contributed by atoms with van der Waals surface area (Å²) in [6.45, 7) is 5.70. The van der Waals surface area contributed by atoms with E-state index in [2.05, 4.69) is 16.0 Å². The van der Waals surface area contributed by atoms with Crippen LogP contribution in [0.2, 0.25) is 0 Å². The number of hydrogen-bond acceptors (Lipinski definition) is 5. The number of morpholine rings is 1. The van der Waals surface area contributed by atoms with Crippen LogP contribution in [0.3, 0.4) is 0 Å². The van der Waals surface area contributed by atoms with Crippen LogP contribution < -0.4 is 0 Å². The Hall–Kier alpha value is -3.01. The summed E-state index contributed by atoms with van der Waals surface area (Å²) in [5.41, 5.74) is 4.17. The number of nitriles is 1. The van der Waals surface area contributed by atoms with Crippen molar-refractivity contribution in [3.8, 4) is 28.6 Å². The van der Waals surface area contributed by atoms with E-state index in [1.54, 1.807) is 18.3 Å². The number of pyridine rings is 1. The zero-order valence-electron chi connectivity index (χ0n) is 15.8. The number of nitrogens with zero attached hydrogens (tertiary/aromatic N) is 5. The third-order valence-corrected chi connectivity index (χ3v) is 4.97. The van der Waals surface area contributed by atoms with Crippen molar-refractivity contribution in [1.29, 1.82) is 5.26 Å². The van der Waals surface area contributed by atoms with Gasteiger partial charge in [-0.1, -0.05) is 18.2 Å². The van der Waals surface area contributed by atoms with Crippen molar-refractivity contribution in [1.82, 2.24) is 19.7 Å². The van der Waals surface area contributed by atoms with Gasteiger partial charge in [-0.3, -0.25) is 14.6 Å². The molecule has 0 amide bonds. The second kappa shape index (κ2) is 8.79. The predicted molar refractivity (Wildman–Crippen MR) is 107 cm³/mol. The molecule has 1 fully saturated rings. The second-order valence-electron chi connectivity index (χ2n) is 6.86. The molecule has 0 saturated carbocycles. The summed E-state index contributed by atoms with van der Waals surface area (Å²) < 4.78 is 7.40. The Balaban J connectivity index is 1.44. The quantitative estimate of drug-likeness (QED) is 0.664. The van der Waals surface area contributed by atoms with Gasteiger partial charge in [0, 0.05) is 49.7 Å². The maximum Gasteiger partial charge on any atom is 0.101 e. The van der Waals surface area contributed by atoms with Crippen molar-refractivity contribution >= 4 is 0 Å². The Kier molecular flexibility index (Phi) is 5.76. The van der Waals surface area contributed by atoms with Crippen molar-refractivity contribution in [2.24, 2.45) is 0 Å². The average Bonchev–Trinajstić information content (AvgIpc) is 3.23. The van der Waals surface area contributed by atoms with Crippen LogP contribution in [0.25, 0.3) is 22.5 Å². The van der Waals surface area contributed by atoms with Gasteiger partial charge in [-0.05, 0) is 30.7 Å². The molecule has 0 bridgehead atoms. The maximum atomic E-state index is 9.33. The molecule has 1 aromatic carbocycles. The van der Waals surface area contributed by atoms with E-state index in [4.69, 9.17) is 9.84 Å². The fraction of sp³-hybridized carbons (Fsp3) is 0.318. The largest absolute Gasteiger partial charge is 0.379 e. The van der Waals surface area contributed by atoms with Crippen molar-refractivity contribution in [2.75, 3.05) is 32.8 Å². The van der Waals surface area contributed by atoms with Crippen molar-refractivity contribution in [2.45, 2.75) is 13.0 Å². The topological polar surface area (TPSA) is 67.0 Å². The molecule has 28 heavy (non-hydrogen) atoms. The standard InChI is InChI=1S/C22H23N5O/c23-17-20-6-2-8-24-22(20)19-5-1-4-18(16-19)21-7-11-27(25-21)10-3-9-26-12-14-28-15-13-26/h1-2,4-8,11,16H,3,9-10,12-15H2. The molecule has 6 nitrogen and oxygen atoms in total. The highest BCUT2D eigenvalue weighted by molar-refractivity contribution is 5.72. The average molecular weight is 373 g/mol. The molecular formula is C22H23N5O. The Morgan fingerprint density at radius 3 is 2.75 bits per heavy atom. The van der Waals surface area contributed by atoms with Gasteiger partial charge in [0.05, 0.1) is 30.2 Å². The molecule has 0 aliphatic carbocycles. The third kappa shape index (κ3) is 4.28. The first-order chi connectivity index (χ1) is 13.8. The minimum absolute atomic E-state index is 0.577. The van der Waals surface area contributed by atoms with E-state index < -0.39 is 0 Å². The Morgan fingerprint density at radius 1 is 1.04 bits per heavy atom. The van der Waals surface area contributed by atoms with Gasteiger partial charge in [0.15, 0.2) is 0 Å². The van der Waals surface area contributed by atoms with E-state index >= 15 is 0 Å². The first kappa shape index (κ1) is 18.4. The van der Waals surface area contributed by atoms with Crippen molar-refractivity contribution in [3.05, 3.63) is 60.4 Å². The predicted octanol–water partition coefficient (Wildman–Crippen LogP) is 3.21. The minimum Gasteiger partial charge on any atom is -0.379 e. The molecule has 0 spiro atoms. The van der Waals surface area contributed by atoms with E-state index in [1.165, 1.54) is 0 Å². The first-order valence-electron chi connectivity index (χ1n) is 9.63. The van der Waals surface area contributed by atoms with Crippen LogP contribution in [-0.4, -0.2) is 52.5 Å². The number of benzene rings is 1. The molecule has 142 valence electrons. The Labute approximate surface area is 165 Å². The summed E-state index contributed by atoms with van der Waals surface area (Å²) >= 11 is 0. The molecule has 1 aliphatic heterocycles. The molecule has 0 atom stereocenters. The lowest BCUT2D eigenvalue weighted by Crippen LogP contribution is -2.37. The molecule has 0 radical (unpaired) electrons. The molecule has 0 unspecified atom stereocenters. The van der Waals surface area contributed by atoms with Gasteiger partial charge in [0.2, 0.25) is 0 Å². The lowest BCUT2D eigenvalue weighted by molar-refractivity contribution is 0.0368. The van der Waals surface area contributed by atoms with Gasteiger partial charge in [-0.2, -0.15) is 10.4 Å². The van der Waals surface area contributed by atoms with Crippen LogP contribution in [0.1, 0.15) is 12.0 Å². The van der Waals surface area contributed by atoms with E-state index in [1.807, 2.05) is 41.2 Å². The zero-order valence-corrected chi connectivity index (χ0v) is 15.8. The summed E-state index contributed by atoms with van der Waals surface area (Å²) in [7, 11) is 0. The lowest BCUT2D eigenvalue weighted by Gasteiger charge is -2.26. The molecule has 1 saturated heterocycles. The molecule has 4 rings (SSSR count). The van der Waals surface area contributed by atoms with Crippen LogP contribution in [0.4, 0.5) is 0 Å². The van der Waals surface area contributed by atoms with Crippen LogP contribution >= 0.6 is 0 Å². The monoisotopic (exact) mass is 373 g/mol. The SMILES string of the molecule is N#Cc1cccnc1-c1cccc(-c2ccn(CCCN3CCOCC3)n2)c1. The van der Waals surface area contributed by atoms with Gasteiger partial charge in [0.25, 0.3) is 0 Å². The maximum absolute atomic E-state index is 9.33. The molecular weight excluding hydrogens is 350 g/mol. The fourth-order valence-electron chi connectivity index (χ4n) is 3.47. The van der Waals surface area contributed by atoms with Crippen LogP contribution in [-0.2, 0) is 11.3 Å². The van der Waals surface area contributed by atoms with Gasteiger partial charge in [0.1, 0.15) is 6.07 Å². The lowest BCUT2D eigenvalue weighted by atomic mass is 10.0. The number of aromatic nitrogens is 3. The molecule has 3 heterocycles. The van der Waals surface area contributed by atoms with Crippen LogP contribution in [0.5, 0.6) is 0 Å². The zero-order chi connectivity index (χ0) is 19.2. The molecule has 3 aromatic rings. The molecule has 6 heteroatoms. The summed E-state index contributed by atoms with van der Waals surface area (Å²) in [5, 5.41) is 14.1. The molecule has 0 N–H and O–H groups in total. The number of hydrogen-bond donors (Lipinski definition) is 0. The highest BCUT2D eigenvalue weighted by Gasteiger charge is 2.11. The van der Waals surface area contributed by atoms with E-state index in [9.17, 15) is 5.26 Å². The first-order valence-corrected chi connectivity index (χ1v) is 9.63. The van der Waals surface area contributed by atoms with Gasteiger partial charge < -0.3 is 4.74 Å². The number of aryl methyl sites for hydroxylation is 1. The minimum atomic E-state index is 0.577. The van der Waals surface area contributed by atoms with Gasteiger partial charge in [-0.25, -0.2) is 0 Å². The fourth-order valence-corrected chi connectivity index (χ4v) is 3.47.